The van der Waals surface area contributed by atoms with Crippen molar-refractivity contribution in [1.82, 2.24) is 0 Å². The zero-order valence-corrected chi connectivity index (χ0v) is 7.54. The standard InChI is InChI=1S/C8H16O4/c1-7(3-9,4-11-2)8(10)5-12-6-8/h9-10H,3-6H2,1-2H3. The molecule has 1 atom stereocenters. The van der Waals surface area contributed by atoms with Gasteiger partial charge in [-0.05, 0) is 0 Å². The molecule has 1 saturated heterocycles. The van der Waals surface area contributed by atoms with E-state index in [4.69, 9.17) is 14.6 Å². The molecule has 2 N–H and O–H groups in total. The van der Waals surface area contributed by atoms with E-state index in [1.54, 1.807) is 14.0 Å². The van der Waals surface area contributed by atoms with E-state index in [1.807, 2.05) is 0 Å². The Hall–Kier alpha value is -0.160. The SMILES string of the molecule is COCC(C)(CO)C1(O)COC1. The number of hydrogen-bond acceptors (Lipinski definition) is 4. The Balaban J connectivity index is 2.64. The van der Waals surface area contributed by atoms with Crippen LogP contribution in [0.25, 0.3) is 0 Å². The van der Waals surface area contributed by atoms with Crippen LogP contribution >= 0.6 is 0 Å². The summed E-state index contributed by atoms with van der Waals surface area (Å²) in [6, 6.07) is 0. The summed E-state index contributed by atoms with van der Waals surface area (Å²) in [6.07, 6.45) is 0. The van der Waals surface area contributed by atoms with E-state index in [0.29, 0.717) is 6.61 Å². The predicted octanol–water partition coefficient (Wildman–Crippen LogP) is -0.607. The molecule has 0 amide bonds. The zero-order valence-electron chi connectivity index (χ0n) is 7.54. The molecule has 0 aromatic heterocycles. The lowest BCUT2D eigenvalue weighted by Gasteiger charge is -2.48. The summed E-state index contributed by atoms with van der Waals surface area (Å²) >= 11 is 0. The number of ether oxygens (including phenoxy) is 2. The Morgan fingerprint density at radius 3 is 2.42 bits per heavy atom. The first kappa shape index (κ1) is 9.92. The van der Waals surface area contributed by atoms with Crippen LogP contribution in [0.2, 0.25) is 0 Å². The van der Waals surface area contributed by atoms with E-state index < -0.39 is 11.0 Å². The molecule has 0 bridgehead atoms. The van der Waals surface area contributed by atoms with Gasteiger partial charge in [0.05, 0.1) is 26.4 Å². The molecular formula is C8H16O4. The highest BCUT2D eigenvalue weighted by atomic mass is 16.5. The molecule has 72 valence electrons. The Morgan fingerprint density at radius 2 is 2.17 bits per heavy atom. The average Bonchev–Trinajstić information content (AvgIpc) is 2.00. The third kappa shape index (κ3) is 1.35. The van der Waals surface area contributed by atoms with E-state index in [9.17, 15) is 5.11 Å². The van der Waals surface area contributed by atoms with Crippen molar-refractivity contribution >= 4 is 0 Å². The van der Waals surface area contributed by atoms with Crippen LogP contribution in [0.3, 0.4) is 0 Å². The Bertz CT molecular complexity index is 155. The molecule has 1 heterocycles. The van der Waals surface area contributed by atoms with Gasteiger partial charge in [0.15, 0.2) is 0 Å². The van der Waals surface area contributed by atoms with Gasteiger partial charge in [-0.3, -0.25) is 0 Å². The third-order valence-corrected chi connectivity index (χ3v) is 2.62. The minimum Gasteiger partial charge on any atom is -0.396 e. The summed E-state index contributed by atoms with van der Waals surface area (Å²) in [7, 11) is 1.55. The highest BCUT2D eigenvalue weighted by molar-refractivity contribution is 5.00. The van der Waals surface area contributed by atoms with Crippen LogP contribution in [0.4, 0.5) is 0 Å². The molecule has 12 heavy (non-hydrogen) atoms. The average molecular weight is 176 g/mol. The second kappa shape index (κ2) is 3.30. The molecule has 4 nitrogen and oxygen atoms in total. The van der Waals surface area contributed by atoms with Gasteiger partial charge in [0.25, 0.3) is 0 Å². The predicted molar refractivity (Wildman–Crippen MR) is 42.8 cm³/mol. The smallest absolute Gasteiger partial charge is 0.121 e. The van der Waals surface area contributed by atoms with Gasteiger partial charge < -0.3 is 19.7 Å². The van der Waals surface area contributed by atoms with Crippen LogP contribution in [-0.4, -0.2) is 49.4 Å². The number of aliphatic hydroxyl groups is 2. The van der Waals surface area contributed by atoms with Gasteiger partial charge in [0, 0.05) is 12.5 Å². The highest BCUT2D eigenvalue weighted by Gasteiger charge is 2.52. The zero-order chi connectivity index (χ0) is 9.24. The monoisotopic (exact) mass is 176 g/mol. The normalized spacial score (nSPS) is 26.0. The van der Waals surface area contributed by atoms with Crippen molar-refractivity contribution in [2.45, 2.75) is 12.5 Å². The van der Waals surface area contributed by atoms with Crippen molar-refractivity contribution in [3.8, 4) is 0 Å². The molecule has 1 aliphatic heterocycles. The maximum absolute atomic E-state index is 9.90. The van der Waals surface area contributed by atoms with E-state index in [2.05, 4.69) is 0 Å². The molecule has 1 unspecified atom stereocenters. The van der Waals surface area contributed by atoms with Crippen LogP contribution in [-0.2, 0) is 9.47 Å². The van der Waals surface area contributed by atoms with Crippen molar-refractivity contribution in [1.29, 1.82) is 0 Å². The highest BCUT2D eigenvalue weighted by Crippen LogP contribution is 2.36. The summed E-state index contributed by atoms with van der Waals surface area (Å²) in [6.45, 7) is 2.60. The van der Waals surface area contributed by atoms with Gasteiger partial charge in [0.1, 0.15) is 5.60 Å². The second-order valence-corrected chi connectivity index (χ2v) is 3.68. The van der Waals surface area contributed by atoms with Gasteiger partial charge >= 0.3 is 0 Å². The molecule has 0 aromatic carbocycles. The molecule has 1 aliphatic rings. The summed E-state index contributed by atoms with van der Waals surface area (Å²) in [5.74, 6) is 0. The van der Waals surface area contributed by atoms with E-state index >= 15 is 0 Å². The number of rotatable bonds is 4. The van der Waals surface area contributed by atoms with Crippen molar-refractivity contribution in [3.05, 3.63) is 0 Å². The Labute approximate surface area is 72.1 Å². The van der Waals surface area contributed by atoms with Gasteiger partial charge in [-0.2, -0.15) is 0 Å². The van der Waals surface area contributed by atoms with E-state index in [-0.39, 0.29) is 19.8 Å². The van der Waals surface area contributed by atoms with Crippen LogP contribution in [0.5, 0.6) is 0 Å². The fourth-order valence-electron chi connectivity index (χ4n) is 1.29. The number of hydrogen-bond donors (Lipinski definition) is 2. The molecule has 4 heteroatoms. The van der Waals surface area contributed by atoms with Gasteiger partial charge in [-0.1, -0.05) is 6.92 Å². The van der Waals surface area contributed by atoms with Crippen molar-refractivity contribution in [2.24, 2.45) is 5.41 Å². The maximum atomic E-state index is 9.90. The summed E-state index contributed by atoms with van der Waals surface area (Å²) in [5, 5.41) is 19.0. The lowest BCUT2D eigenvalue weighted by atomic mass is 9.73. The van der Waals surface area contributed by atoms with Crippen LogP contribution in [0, 0.1) is 5.41 Å². The Kier molecular flexibility index (Phi) is 2.73. The first-order chi connectivity index (χ1) is 5.58. The van der Waals surface area contributed by atoms with Crippen molar-refractivity contribution in [3.63, 3.8) is 0 Å². The molecule has 1 rings (SSSR count). The van der Waals surface area contributed by atoms with Crippen molar-refractivity contribution in [2.75, 3.05) is 33.5 Å². The summed E-state index contributed by atoms with van der Waals surface area (Å²) in [5.41, 5.74) is -1.53. The summed E-state index contributed by atoms with van der Waals surface area (Å²) < 4.78 is 9.86. The minimum absolute atomic E-state index is 0.0965. The first-order valence-corrected chi connectivity index (χ1v) is 3.98. The lowest BCUT2D eigenvalue weighted by molar-refractivity contribution is -0.254. The van der Waals surface area contributed by atoms with Crippen molar-refractivity contribution < 1.29 is 19.7 Å². The molecule has 0 radical (unpaired) electrons. The quantitative estimate of drug-likeness (QED) is 0.600. The number of aliphatic hydroxyl groups excluding tert-OH is 1. The fraction of sp³-hybridized carbons (Fsp3) is 1.00. The summed E-state index contributed by atoms with van der Waals surface area (Å²) in [4.78, 5) is 0. The Morgan fingerprint density at radius 1 is 1.58 bits per heavy atom. The topological polar surface area (TPSA) is 58.9 Å². The van der Waals surface area contributed by atoms with Crippen LogP contribution in [0.1, 0.15) is 6.92 Å². The molecular weight excluding hydrogens is 160 g/mol. The largest absolute Gasteiger partial charge is 0.396 e. The van der Waals surface area contributed by atoms with Gasteiger partial charge in [-0.15, -0.1) is 0 Å². The fourth-order valence-corrected chi connectivity index (χ4v) is 1.29. The molecule has 0 spiro atoms. The number of methoxy groups -OCH3 is 1. The van der Waals surface area contributed by atoms with E-state index in [1.165, 1.54) is 0 Å². The molecule has 1 fully saturated rings. The van der Waals surface area contributed by atoms with Gasteiger partial charge in [0.2, 0.25) is 0 Å². The molecule has 0 aliphatic carbocycles. The van der Waals surface area contributed by atoms with Crippen LogP contribution < -0.4 is 0 Å². The first-order valence-electron chi connectivity index (χ1n) is 3.98. The van der Waals surface area contributed by atoms with Gasteiger partial charge in [-0.25, -0.2) is 0 Å². The lowest BCUT2D eigenvalue weighted by Crippen LogP contribution is -2.63. The van der Waals surface area contributed by atoms with E-state index in [0.717, 1.165) is 0 Å². The maximum Gasteiger partial charge on any atom is 0.121 e. The van der Waals surface area contributed by atoms with Crippen LogP contribution in [0.15, 0.2) is 0 Å². The molecule has 0 saturated carbocycles. The minimum atomic E-state index is -0.919. The third-order valence-electron chi connectivity index (χ3n) is 2.62. The molecule has 0 aromatic rings. The second-order valence-electron chi connectivity index (χ2n) is 3.68.